The number of hydrogen-bond acceptors (Lipinski definition) is 3. The van der Waals surface area contributed by atoms with E-state index in [0.29, 0.717) is 17.7 Å². The first kappa shape index (κ1) is 18.5. The molecule has 25 heavy (non-hydrogen) atoms. The van der Waals surface area contributed by atoms with Gasteiger partial charge in [-0.25, -0.2) is 4.79 Å². The Hall–Kier alpha value is -2.82. The van der Waals surface area contributed by atoms with Crippen molar-refractivity contribution in [2.75, 3.05) is 5.32 Å². The molecule has 5 nitrogen and oxygen atoms in total. The number of carbonyl (C=O) groups excluding carboxylic acids is 1. The Morgan fingerprint density at radius 2 is 1.80 bits per heavy atom. The fraction of sp³-hybridized carbons (Fsp3) is 0.300. The predicted octanol–water partition coefficient (Wildman–Crippen LogP) is 4.13. The van der Waals surface area contributed by atoms with Crippen LogP contribution in [0, 0.1) is 0 Å². The summed E-state index contributed by atoms with van der Waals surface area (Å²) in [6.07, 6.45) is 1.67. The molecule has 0 aromatic heterocycles. The highest BCUT2D eigenvalue weighted by atomic mass is 16.5. The molecule has 0 saturated carbocycles. The number of ether oxygens (including phenoxy) is 1. The van der Waals surface area contributed by atoms with Gasteiger partial charge in [-0.1, -0.05) is 25.1 Å². The molecule has 0 aliphatic rings. The van der Waals surface area contributed by atoms with Gasteiger partial charge in [0.05, 0.1) is 11.7 Å². The number of amides is 1. The van der Waals surface area contributed by atoms with Crippen LogP contribution in [-0.4, -0.2) is 23.1 Å². The van der Waals surface area contributed by atoms with Crippen molar-refractivity contribution in [3.05, 3.63) is 59.7 Å². The number of aryl methyl sites for hydroxylation is 1. The lowest BCUT2D eigenvalue weighted by molar-refractivity contribution is -0.116. The molecule has 0 bridgehead atoms. The Labute approximate surface area is 147 Å². The number of carboxylic acid groups (broad SMARTS) is 1. The minimum atomic E-state index is -0.979. The van der Waals surface area contributed by atoms with Crippen LogP contribution in [0.4, 0.5) is 5.69 Å². The van der Waals surface area contributed by atoms with E-state index in [4.69, 9.17) is 9.84 Å². The summed E-state index contributed by atoms with van der Waals surface area (Å²) >= 11 is 0. The topological polar surface area (TPSA) is 75.6 Å². The second-order valence-corrected chi connectivity index (χ2v) is 5.87. The van der Waals surface area contributed by atoms with Crippen molar-refractivity contribution in [2.45, 2.75) is 39.2 Å². The van der Waals surface area contributed by atoms with Gasteiger partial charge in [-0.05, 0) is 55.7 Å². The lowest BCUT2D eigenvalue weighted by Crippen LogP contribution is -2.13. The molecule has 0 aliphatic carbocycles. The number of anilines is 1. The fourth-order valence-corrected chi connectivity index (χ4v) is 2.35. The van der Waals surface area contributed by atoms with Gasteiger partial charge in [0, 0.05) is 12.1 Å². The Balaban J connectivity index is 1.89. The van der Waals surface area contributed by atoms with Crippen LogP contribution >= 0.6 is 0 Å². The van der Waals surface area contributed by atoms with Gasteiger partial charge in [0.15, 0.2) is 0 Å². The summed E-state index contributed by atoms with van der Waals surface area (Å²) in [5.74, 6) is -0.369. The average molecular weight is 341 g/mol. The zero-order valence-electron chi connectivity index (χ0n) is 14.5. The second kappa shape index (κ2) is 8.87. The molecule has 0 radical (unpaired) electrons. The second-order valence-electron chi connectivity index (χ2n) is 5.87. The molecular formula is C20H23NO4. The maximum absolute atomic E-state index is 12.1. The SMILES string of the molecule is CCC(C)Oc1ccc(NC(=O)CCc2ccccc2C(=O)O)cc1. The van der Waals surface area contributed by atoms with Gasteiger partial charge >= 0.3 is 5.97 Å². The van der Waals surface area contributed by atoms with Crippen molar-refractivity contribution >= 4 is 17.6 Å². The number of nitrogens with one attached hydrogen (secondary N) is 1. The number of carboxylic acids is 1. The van der Waals surface area contributed by atoms with Crippen LogP contribution in [0.2, 0.25) is 0 Å². The van der Waals surface area contributed by atoms with Crippen LogP contribution < -0.4 is 10.1 Å². The molecule has 1 atom stereocenters. The van der Waals surface area contributed by atoms with Gasteiger partial charge < -0.3 is 15.2 Å². The van der Waals surface area contributed by atoms with Crippen molar-refractivity contribution in [1.29, 1.82) is 0 Å². The highest BCUT2D eigenvalue weighted by Crippen LogP contribution is 2.18. The number of benzene rings is 2. The van der Waals surface area contributed by atoms with Crippen LogP contribution in [0.25, 0.3) is 0 Å². The molecule has 0 heterocycles. The highest BCUT2D eigenvalue weighted by molar-refractivity contribution is 5.92. The molecule has 2 aromatic rings. The van der Waals surface area contributed by atoms with Crippen molar-refractivity contribution < 1.29 is 19.4 Å². The molecule has 0 spiro atoms. The first-order chi connectivity index (χ1) is 12.0. The molecular weight excluding hydrogens is 318 g/mol. The Morgan fingerprint density at radius 1 is 1.12 bits per heavy atom. The quantitative estimate of drug-likeness (QED) is 0.757. The molecule has 2 N–H and O–H groups in total. The smallest absolute Gasteiger partial charge is 0.335 e. The molecule has 1 amide bonds. The summed E-state index contributed by atoms with van der Waals surface area (Å²) in [5.41, 5.74) is 1.58. The molecule has 1 unspecified atom stereocenters. The number of carbonyl (C=O) groups is 2. The molecule has 0 aliphatic heterocycles. The van der Waals surface area contributed by atoms with Crippen LogP contribution in [0.1, 0.15) is 42.6 Å². The number of hydrogen-bond donors (Lipinski definition) is 2. The van der Waals surface area contributed by atoms with E-state index in [1.807, 2.05) is 19.1 Å². The van der Waals surface area contributed by atoms with Crippen LogP contribution in [0.15, 0.2) is 48.5 Å². The van der Waals surface area contributed by atoms with Crippen molar-refractivity contribution in [2.24, 2.45) is 0 Å². The third-order valence-corrected chi connectivity index (χ3v) is 3.92. The molecule has 0 saturated heterocycles. The zero-order chi connectivity index (χ0) is 18.2. The molecule has 5 heteroatoms. The van der Waals surface area contributed by atoms with Gasteiger partial charge in [0.25, 0.3) is 0 Å². The van der Waals surface area contributed by atoms with Crippen molar-refractivity contribution in [3.63, 3.8) is 0 Å². The van der Waals surface area contributed by atoms with Gasteiger partial charge in [-0.2, -0.15) is 0 Å². The van der Waals surface area contributed by atoms with E-state index >= 15 is 0 Å². The van der Waals surface area contributed by atoms with E-state index in [0.717, 1.165) is 12.2 Å². The minimum Gasteiger partial charge on any atom is -0.491 e. The predicted molar refractivity (Wildman–Crippen MR) is 97.2 cm³/mol. The molecule has 2 rings (SSSR count). The van der Waals surface area contributed by atoms with Gasteiger partial charge in [0.1, 0.15) is 5.75 Å². The van der Waals surface area contributed by atoms with E-state index in [2.05, 4.69) is 12.2 Å². The molecule has 2 aromatic carbocycles. The average Bonchev–Trinajstić information content (AvgIpc) is 2.61. The summed E-state index contributed by atoms with van der Waals surface area (Å²) in [6.45, 7) is 4.06. The van der Waals surface area contributed by atoms with E-state index < -0.39 is 5.97 Å². The summed E-state index contributed by atoms with van der Waals surface area (Å²) in [4.78, 5) is 23.3. The summed E-state index contributed by atoms with van der Waals surface area (Å²) in [7, 11) is 0. The van der Waals surface area contributed by atoms with Crippen molar-refractivity contribution in [1.82, 2.24) is 0 Å². The number of aromatic carboxylic acids is 1. The van der Waals surface area contributed by atoms with Crippen molar-refractivity contribution in [3.8, 4) is 5.75 Å². The zero-order valence-corrected chi connectivity index (χ0v) is 14.5. The van der Waals surface area contributed by atoms with Gasteiger partial charge in [-0.3, -0.25) is 4.79 Å². The summed E-state index contributed by atoms with van der Waals surface area (Å²) in [6, 6.07) is 14.0. The largest absolute Gasteiger partial charge is 0.491 e. The lowest BCUT2D eigenvalue weighted by atomic mass is 10.0. The standard InChI is InChI=1S/C20H23NO4/c1-3-14(2)25-17-11-9-16(10-12-17)21-19(22)13-8-15-6-4-5-7-18(15)20(23)24/h4-7,9-12,14H,3,8,13H2,1-2H3,(H,21,22)(H,23,24). The molecule has 0 fully saturated rings. The normalized spacial score (nSPS) is 11.6. The highest BCUT2D eigenvalue weighted by Gasteiger charge is 2.11. The Kier molecular flexibility index (Phi) is 6.57. The van der Waals surface area contributed by atoms with Gasteiger partial charge in [0.2, 0.25) is 5.91 Å². The summed E-state index contributed by atoms with van der Waals surface area (Å²) < 4.78 is 5.70. The monoisotopic (exact) mass is 341 g/mol. The Bertz CT molecular complexity index is 725. The van der Waals surface area contributed by atoms with E-state index in [9.17, 15) is 9.59 Å². The van der Waals surface area contributed by atoms with E-state index in [1.165, 1.54) is 0 Å². The lowest BCUT2D eigenvalue weighted by Gasteiger charge is -2.13. The first-order valence-electron chi connectivity index (χ1n) is 8.37. The van der Waals surface area contributed by atoms with E-state index in [1.54, 1.807) is 36.4 Å². The molecule has 132 valence electrons. The first-order valence-corrected chi connectivity index (χ1v) is 8.37. The van der Waals surface area contributed by atoms with E-state index in [-0.39, 0.29) is 24.0 Å². The Morgan fingerprint density at radius 3 is 2.44 bits per heavy atom. The van der Waals surface area contributed by atoms with Gasteiger partial charge in [-0.15, -0.1) is 0 Å². The van der Waals surface area contributed by atoms with Crippen LogP contribution in [0.3, 0.4) is 0 Å². The van der Waals surface area contributed by atoms with Crippen LogP contribution in [-0.2, 0) is 11.2 Å². The number of rotatable bonds is 8. The maximum Gasteiger partial charge on any atom is 0.335 e. The third-order valence-electron chi connectivity index (χ3n) is 3.92. The summed E-state index contributed by atoms with van der Waals surface area (Å²) in [5, 5.41) is 12.0. The minimum absolute atomic E-state index is 0.148. The fourth-order valence-electron chi connectivity index (χ4n) is 2.35. The maximum atomic E-state index is 12.1. The van der Waals surface area contributed by atoms with Crippen LogP contribution in [0.5, 0.6) is 5.75 Å². The third kappa shape index (κ3) is 5.64.